The van der Waals surface area contributed by atoms with Crippen LogP contribution in [0.25, 0.3) is 17.0 Å². The SMILES string of the molecule is CC(C)[C@@H]1OC(=O)C2(/C=C/c3ccc4ccc(nc4c3)[C@@H](C)NC(=O)[C@@H]3CCCN(N3)C(=O)[C@H](C)N(N)C1=O)CCCCO2. The summed E-state index contributed by atoms with van der Waals surface area (Å²) in [5.74, 6) is 3.66. The van der Waals surface area contributed by atoms with Crippen LogP contribution in [-0.2, 0) is 28.7 Å². The van der Waals surface area contributed by atoms with Crippen LogP contribution in [0.15, 0.2) is 36.4 Å². The molecule has 1 spiro atoms. The number of hydrazine groups is 2. The molecule has 0 aliphatic carbocycles. The first-order valence-electron chi connectivity index (χ1n) is 15.4. The van der Waals surface area contributed by atoms with Gasteiger partial charge in [0.05, 0.1) is 17.3 Å². The number of nitrogens with one attached hydrogen (secondary N) is 2. The molecule has 44 heavy (non-hydrogen) atoms. The summed E-state index contributed by atoms with van der Waals surface area (Å²) in [6, 6.07) is 7.46. The fourth-order valence-electron chi connectivity index (χ4n) is 5.79. The number of fused-ring (bicyclic) bond motifs is 4. The van der Waals surface area contributed by atoms with Crippen LogP contribution in [0.5, 0.6) is 0 Å². The van der Waals surface area contributed by atoms with Crippen LogP contribution in [0, 0.1) is 5.92 Å². The number of benzene rings is 1. The molecule has 1 unspecified atom stereocenters. The number of hydrogen-bond acceptors (Lipinski definition) is 9. The number of amides is 3. The fourth-order valence-corrected chi connectivity index (χ4v) is 5.79. The molecular formula is C32H42N6O6. The topological polar surface area (TPSA) is 156 Å². The largest absolute Gasteiger partial charge is 0.450 e. The van der Waals surface area contributed by atoms with E-state index in [-0.39, 0.29) is 5.91 Å². The van der Waals surface area contributed by atoms with Gasteiger partial charge in [-0.05, 0) is 75.6 Å². The molecule has 2 saturated heterocycles. The summed E-state index contributed by atoms with van der Waals surface area (Å²) >= 11 is 0. The third-order valence-electron chi connectivity index (χ3n) is 8.61. The van der Waals surface area contributed by atoms with E-state index in [4.69, 9.17) is 20.3 Å². The highest BCUT2D eigenvalue weighted by atomic mass is 16.6. The van der Waals surface area contributed by atoms with E-state index >= 15 is 0 Å². The first-order valence-corrected chi connectivity index (χ1v) is 15.4. The van der Waals surface area contributed by atoms with Crippen molar-refractivity contribution >= 4 is 40.7 Å². The van der Waals surface area contributed by atoms with E-state index in [2.05, 4.69) is 10.7 Å². The standard InChI is InChI=1S/C32H42N6O6/c1-19(2)27-30(41)38(33)21(4)29(40)37-16-7-8-25(36-37)28(39)34-20(3)24-12-11-23-10-9-22(18-26(23)35-24)13-15-32(31(42)44-27)14-5-6-17-43-32/h9-13,15,18-21,25,27,36H,5-8,14,16-17,33H2,1-4H3,(H,34,39)/b15-13+/t20-,21+,25+,27+,32?/m1/s1. The Kier molecular flexibility index (Phi) is 9.33. The second kappa shape index (κ2) is 13.0. The molecule has 0 saturated carbocycles. The minimum Gasteiger partial charge on any atom is -0.450 e. The molecule has 2 fully saturated rings. The second-order valence-electron chi connectivity index (χ2n) is 12.3. The van der Waals surface area contributed by atoms with Gasteiger partial charge >= 0.3 is 5.97 Å². The lowest BCUT2D eigenvalue weighted by Crippen LogP contribution is -2.63. The highest BCUT2D eigenvalue weighted by Crippen LogP contribution is 2.31. The average molecular weight is 607 g/mol. The Morgan fingerprint density at radius 1 is 1.05 bits per heavy atom. The minimum atomic E-state index is -1.39. The van der Waals surface area contributed by atoms with Gasteiger partial charge in [0, 0.05) is 18.5 Å². The average Bonchev–Trinajstić information content (AvgIpc) is 3.04. The number of cyclic esters (lactones) is 1. The van der Waals surface area contributed by atoms with E-state index in [0.29, 0.717) is 38.1 Å². The van der Waals surface area contributed by atoms with Gasteiger partial charge in [0.1, 0.15) is 12.1 Å². The van der Waals surface area contributed by atoms with Crippen molar-refractivity contribution in [3.63, 3.8) is 0 Å². The van der Waals surface area contributed by atoms with Crippen LogP contribution in [0.2, 0.25) is 0 Å². The molecular weight excluding hydrogens is 564 g/mol. The lowest BCUT2D eigenvalue weighted by Gasteiger charge is -2.38. The summed E-state index contributed by atoms with van der Waals surface area (Å²) in [7, 11) is 0. The summed E-state index contributed by atoms with van der Waals surface area (Å²) < 4.78 is 11.9. The predicted octanol–water partition coefficient (Wildman–Crippen LogP) is 2.53. The van der Waals surface area contributed by atoms with Gasteiger partial charge in [-0.2, -0.15) is 0 Å². The maximum Gasteiger partial charge on any atom is 0.343 e. The molecule has 12 heteroatoms. The third kappa shape index (κ3) is 6.47. The molecule has 0 radical (unpaired) electrons. The second-order valence-corrected chi connectivity index (χ2v) is 12.3. The smallest absolute Gasteiger partial charge is 0.343 e. The van der Waals surface area contributed by atoms with Crippen molar-refractivity contribution in [2.75, 3.05) is 13.2 Å². The number of rotatable bonds is 1. The third-order valence-corrected chi connectivity index (χ3v) is 8.61. The van der Waals surface area contributed by atoms with Crippen molar-refractivity contribution in [2.24, 2.45) is 11.8 Å². The number of pyridine rings is 1. The maximum atomic E-state index is 13.8. The van der Waals surface area contributed by atoms with E-state index in [0.717, 1.165) is 34.3 Å². The maximum absolute atomic E-state index is 13.8. The van der Waals surface area contributed by atoms with Crippen LogP contribution in [0.4, 0.5) is 0 Å². The Balaban J connectivity index is 1.55. The van der Waals surface area contributed by atoms with Crippen molar-refractivity contribution in [3.8, 4) is 0 Å². The predicted molar refractivity (Wildman–Crippen MR) is 163 cm³/mol. The quantitative estimate of drug-likeness (QED) is 0.252. The molecule has 4 heterocycles. The van der Waals surface area contributed by atoms with E-state index in [1.165, 1.54) is 11.9 Å². The number of hydrogen-bond donors (Lipinski definition) is 3. The molecule has 1 aromatic carbocycles. The number of nitrogens with zero attached hydrogens (tertiary/aromatic N) is 3. The van der Waals surface area contributed by atoms with Crippen molar-refractivity contribution < 1.29 is 28.7 Å². The Morgan fingerprint density at radius 3 is 2.55 bits per heavy atom. The lowest BCUT2D eigenvalue weighted by atomic mass is 9.92. The molecule has 5 bridgehead atoms. The summed E-state index contributed by atoms with van der Waals surface area (Å²) in [6.45, 7) is 7.56. The van der Waals surface area contributed by atoms with Crippen molar-refractivity contribution in [1.29, 1.82) is 0 Å². The van der Waals surface area contributed by atoms with Crippen molar-refractivity contribution in [3.05, 3.63) is 47.7 Å². The summed E-state index contributed by atoms with van der Waals surface area (Å²) in [5.41, 5.74) is 3.84. The van der Waals surface area contributed by atoms with Gasteiger partial charge in [0.15, 0.2) is 11.7 Å². The summed E-state index contributed by atoms with van der Waals surface area (Å²) in [4.78, 5) is 58.9. The number of ether oxygens (including phenoxy) is 2. The van der Waals surface area contributed by atoms with Crippen molar-refractivity contribution in [1.82, 2.24) is 25.7 Å². The molecule has 5 rings (SSSR count). The number of aromatic nitrogens is 1. The van der Waals surface area contributed by atoms with Gasteiger partial charge in [-0.15, -0.1) is 0 Å². The molecule has 3 aliphatic rings. The number of nitrogens with two attached hydrogens (primary N) is 1. The van der Waals surface area contributed by atoms with Gasteiger partial charge in [-0.1, -0.05) is 38.1 Å². The van der Waals surface area contributed by atoms with E-state index in [1.54, 1.807) is 26.0 Å². The van der Waals surface area contributed by atoms with E-state index < -0.39 is 53.5 Å². The van der Waals surface area contributed by atoms with Crippen molar-refractivity contribution in [2.45, 2.75) is 89.6 Å². The summed E-state index contributed by atoms with van der Waals surface area (Å²) in [6.07, 6.45) is 5.28. The lowest BCUT2D eigenvalue weighted by molar-refractivity contribution is -0.184. The molecule has 1 aromatic heterocycles. The molecule has 12 nitrogen and oxygen atoms in total. The van der Waals surface area contributed by atoms with Gasteiger partial charge < -0.3 is 14.8 Å². The minimum absolute atomic E-state index is 0.266. The first-order chi connectivity index (χ1) is 21.0. The van der Waals surface area contributed by atoms with Gasteiger partial charge in [0.25, 0.3) is 11.8 Å². The monoisotopic (exact) mass is 606 g/mol. The molecule has 5 atom stereocenters. The molecule has 3 amide bonds. The number of esters is 1. The van der Waals surface area contributed by atoms with Gasteiger partial charge in [-0.3, -0.25) is 29.4 Å². The zero-order valence-corrected chi connectivity index (χ0v) is 25.7. The van der Waals surface area contributed by atoms with Crippen LogP contribution < -0.4 is 16.6 Å². The number of carbonyl (C=O) groups is 4. The first kappa shape index (κ1) is 31.6. The zero-order valence-electron chi connectivity index (χ0n) is 25.7. The van der Waals surface area contributed by atoms with Crippen LogP contribution in [0.1, 0.15) is 77.1 Å². The number of carbonyl (C=O) groups excluding carboxylic acids is 4. The Hall–Kier alpha value is -3.87. The summed E-state index contributed by atoms with van der Waals surface area (Å²) in [5, 5.41) is 6.08. The van der Waals surface area contributed by atoms with Crippen LogP contribution in [-0.4, -0.2) is 75.6 Å². The fraction of sp³-hybridized carbons (Fsp3) is 0.531. The Labute approximate surface area is 257 Å². The van der Waals surface area contributed by atoms with E-state index in [1.807, 2.05) is 37.3 Å². The molecule has 2 aromatic rings. The Bertz CT molecular complexity index is 1450. The van der Waals surface area contributed by atoms with Crippen LogP contribution >= 0.6 is 0 Å². The van der Waals surface area contributed by atoms with Crippen LogP contribution in [0.3, 0.4) is 0 Å². The highest BCUT2D eigenvalue weighted by Gasteiger charge is 2.44. The molecule has 4 N–H and O–H groups in total. The zero-order chi connectivity index (χ0) is 31.6. The normalized spacial score (nSPS) is 30.0. The van der Waals surface area contributed by atoms with Gasteiger partial charge in [0.2, 0.25) is 5.91 Å². The van der Waals surface area contributed by atoms with E-state index in [9.17, 15) is 19.2 Å². The Morgan fingerprint density at radius 2 is 1.82 bits per heavy atom. The molecule has 236 valence electrons. The highest BCUT2D eigenvalue weighted by molar-refractivity contribution is 5.92. The van der Waals surface area contributed by atoms with Gasteiger partial charge in [-0.25, -0.2) is 16.1 Å². The molecule has 3 aliphatic heterocycles.